The van der Waals surface area contributed by atoms with Crippen molar-refractivity contribution in [3.05, 3.63) is 76.5 Å². The number of carbonyl (C=O) groups excluding carboxylic acids is 1. The van der Waals surface area contributed by atoms with Gasteiger partial charge >= 0.3 is 0 Å². The Labute approximate surface area is 201 Å². The molecule has 5 nitrogen and oxygen atoms in total. The molecule has 5 heteroatoms. The van der Waals surface area contributed by atoms with Crippen LogP contribution in [0.1, 0.15) is 60.2 Å². The van der Waals surface area contributed by atoms with Gasteiger partial charge in [0.05, 0.1) is 11.1 Å². The molecule has 1 unspecified atom stereocenters. The first kappa shape index (κ1) is 22.6. The quantitative estimate of drug-likeness (QED) is 0.513. The highest BCUT2D eigenvalue weighted by Gasteiger charge is 2.47. The maximum atomic E-state index is 13.5. The normalized spacial score (nSPS) is 18.8. The molecule has 34 heavy (non-hydrogen) atoms. The molecule has 2 aliphatic rings. The van der Waals surface area contributed by atoms with E-state index in [2.05, 4.69) is 60.4 Å². The molecule has 1 saturated carbocycles. The van der Waals surface area contributed by atoms with Gasteiger partial charge in [-0.1, -0.05) is 23.8 Å². The second-order valence-electron chi connectivity index (χ2n) is 10.1. The molecular formula is C29H33N3O2. The predicted octanol–water partition coefficient (Wildman–Crippen LogP) is 5.47. The number of nitrogens with one attached hydrogen (secondary N) is 1. The van der Waals surface area contributed by atoms with Crippen LogP contribution < -0.4 is 10.1 Å². The lowest BCUT2D eigenvalue weighted by Gasteiger charge is -2.37. The van der Waals surface area contributed by atoms with Crippen molar-refractivity contribution in [1.82, 2.24) is 15.2 Å². The van der Waals surface area contributed by atoms with Crippen molar-refractivity contribution in [3.8, 4) is 5.75 Å². The Morgan fingerprint density at radius 2 is 2.06 bits per heavy atom. The zero-order valence-electron chi connectivity index (χ0n) is 20.5. The van der Waals surface area contributed by atoms with Crippen molar-refractivity contribution < 1.29 is 9.53 Å². The topological polar surface area (TPSA) is 54.5 Å². The Morgan fingerprint density at radius 3 is 2.74 bits per heavy atom. The van der Waals surface area contributed by atoms with Crippen molar-refractivity contribution in [2.75, 3.05) is 20.2 Å². The molecule has 1 aromatic heterocycles. The minimum absolute atomic E-state index is 0.0501. The van der Waals surface area contributed by atoms with Crippen molar-refractivity contribution in [1.29, 1.82) is 0 Å². The number of rotatable bonds is 7. The highest BCUT2D eigenvalue weighted by atomic mass is 16.5. The van der Waals surface area contributed by atoms with Gasteiger partial charge in [0.2, 0.25) is 0 Å². The van der Waals surface area contributed by atoms with E-state index in [0.717, 1.165) is 59.2 Å². The summed E-state index contributed by atoms with van der Waals surface area (Å²) in [6, 6.07) is 14.7. The predicted molar refractivity (Wildman–Crippen MR) is 137 cm³/mol. The van der Waals surface area contributed by atoms with E-state index in [4.69, 9.17) is 4.74 Å². The Bertz CT molecular complexity index is 1270. The maximum absolute atomic E-state index is 13.5. The number of carbonyl (C=O) groups is 1. The van der Waals surface area contributed by atoms with Gasteiger partial charge < -0.3 is 10.1 Å². The number of aromatic nitrogens is 1. The molecule has 2 heterocycles. The number of pyridine rings is 1. The fourth-order valence-electron chi connectivity index (χ4n) is 4.80. The Kier molecular flexibility index (Phi) is 5.90. The van der Waals surface area contributed by atoms with Gasteiger partial charge in [-0.2, -0.15) is 0 Å². The first-order valence-electron chi connectivity index (χ1n) is 12.1. The second-order valence-corrected chi connectivity index (χ2v) is 10.1. The van der Waals surface area contributed by atoms with E-state index in [0.29, 0.717) is 18.2 Å². The average Bonchev–Trinajstić information content (AvgIpc) is 3.58. The fraction of sp³-hybridized carbons (Fsp3) is 0.379. The molecule has 176 valence electrons. The SMILES string of the molecule is CC(C)=Cc1cc(C2(NC(=O)c3cc(OCC4CCN4C)ccc3C)CC2)c2cccnc2c1. The van der Waals surface area contributed by atoms with Gasteiger partial charge in [0.1, 0.15) is 12.4 Å². The molecule has 1 saturated heterocycles. The summed E-state index contributed by atoms with van der Waals surface area (Å²) in [6.45, 7) is 7.94. The standard InChI is InChI=1S/C29H33N3O2/c1-19(2)14-21-15-26(24-6-5-12-30-27(24)16-21)29(10-11-29)31-28(33)25-17-23(8-7-20(25)3)34-18-22-9-13-32(22)4/h5-8,12,14-17,22H,9-11,13,18H2,1-4H3,(H,31,33). The van der Waals surface area contributed by atoms with Gasteiger partial charge in [0, 0.05) is 23.2 Å². The zero-order chi connectivity index (χ0) is 23.9. The number of likely N-dealkylation sites (tertiary alicyclic amines) is 1. The molecule has 2 aromatic carbocycles. The zero-order valence-corrected chi connectivity index (χ0v) is 20.5. The monoisotopic (exact) mass is 455 g/mol. The van der Waals surface area contributed by atoms with Crippen LogP contribution in [-0.2, 0) is 5.54 Å². The lowest BCUT2D eigenvalue weighted by atomic mass is 9.95. The van der Waals surface area contributed by atoms with Crippen LogP contribution in [0.5, 0.6) is 5.75 Å². The average molecular weight is 456 g/mol. The first-order chi connectivity index (χ1) is 16.3. The number of ether oxygens (including phenoxy) is 1. The summed E-state index contributed by atoms with van der Waals surface area (Å²) < 4.78 is 6.03. The third-order valence-corrected chi connectivity index (χ3v) is 7.15. The number of allylic oxidation sites excluding steroid dienone is 1. The van der Waals surface area contributed by atoms with Crippen LogP contribution in [0.3, 0.4) is 0 Å². The number of hydrogen-bond acceptors (Lipinski definition) is 4. The van der Waals surface area contributed by atoms with E-state index >= 15 is 0 Å². The van der Waals surface area contributed by atoms with E-state index in [-0.39, 0.29) is 11.4 Å². The summed E-state index contributed by atoms with van der Waals surface area (Å²) in [4.78, 5) is 20.4. The molecule has 0 spiro atoms. The molecule has 1 aliphatic heterocycles. The number of benzene rings is 2. The molecule has 1 N–H and O–H groups in total. The maximum Gasteiger partial charge on any atom is 0.252 e. The van der Waals surface area contributed by atoms with Crippen LogP contribution in [0.25, 0.3) is 17.0 Å². The van der Waals surface area contributed by atoms with Crippen LogP contribution >= 0.6 is 0 Å². The largest absolute Gasteiger partial charge is 0.492 e. The fourth-order valence-corrected chi connectivity index (χ4v) is 4.80. The summed E-state index contributed by atoms with van der Waals surface area (Å²) in [7, 11) is 2.12. The van der Waals surface area contributed by atoms with Gasteiger partial charge in [-0.3, -0.25) is 14.7 Å². The van der Waals surface area contributed by atoms with Crippen LogP contribution in [0.4, 0.5) is 0 Å². The molecule has 0 bridgehead atoms. The smallest absolute Gasteiger partial charge is 0.252 e. The number of likely N-dealkylation sites (N-methyl/N-ethyl adjacent to an activating group) is 1. The van der Waals surface area contributed by atoms with Gasteiger partial charge in [0.15, 0.2) is 0 Å². The lowest BCUT2D eigenvalue weighted by molar-refractivity contribution is 0.0767. The highest BCUT2D eigenvalue weighted by Crippen LogP contribution is 2.48. The van der Waals surface area contributed by atoms with E-state index in [1.54, 1.807) is 0 Å². The minimum atomic E-state index is -0.359. The molecule has 5 rings (SSSR count). The van der Waals surface area contributed by atoms with Gasteiger partial charge in [-0.05, 0) is 101 Å². The number of fused-ring (bicyclic) bond motifs is 1. The number of nitrogens with zero attached hydrogens (tertiary/aromatic N) is 2. The van der Waals surface area contributed by atoms with Gasteiger partial charge in [-0.15, -0.1) is 0 Å². The van der Waals surface area contributed by atoms with Crippen molar-refractivity contribution >= 4 is 22.9 Å². The number of amides is 1. The molecule has 0 radical (unpaired) electrons. The van der Waals surface area contributed by atoms with Crippen LogP contribution in [-0.4, -0.2) is 42.0 Å². The Hall–Kier alpha value is -3.18. The lowest BCUT2D eigenvalue weighted by Crippen LogP contribution is -2.48. The van der Waals surface area contributed by atoms with Crippen molar-refractivity contribution in [3.63, 3.8) is 0 Å². The van der Waals surface area contributed by atoms with Crippen LogP contribution in [0.15, 0.2) is 54.2 Å². The third-order valence-electron chi connectivity index (χ3n) is 7.15. The molecule has 2 fully saturated rings. The molecule has 1 amide bonds. The molecule has 3 aromatic rings. The van der Waals surface area contributed by atoms with E-state index < -0.39 is 0 Å². The minimum Gasteiger partial charge on any atom is -0.492 e. The van der Waals surface area contributed by atoms with Gasteiger partial charge in [-0.25, -0.2) is 0 Å². The summed E-state index contributed by atoms with van der Waals surface area (Å²) in [5, 5.41) is 4.49. The number of aryl methyl sites for hydroxylation is 1. The van der Waals surface area contributed by atoms with Crippen molar-refractivity contribution in [2.24, 2.45) is 0 Å². The summed E-state index contributed by atoms with van der Waals surface area (Å²) in [6.07, 6.45) is 6.99. The third kappa shape index (κ3) is 4.45. The van der Waals surface area contributed by atoms with Crippen molar-refractivity contribution in [2.45, 2.75) is 51.6 Å². The Morgan fingerprint density at radius 1 is 1.24 bits per heavy atom. The van der Waals surface area contributed by atoms with Crippen LogP contribution in [0, 0.1) is 6.92 Å². The summed E-state index contributed by atoms with van der Waals surface area (Å²) >= 11 is 0. The molecule has 1 atom stereocenters. The summed E-state index contributed by atoms with van der Waals surface area (Å²) in [5.41, 5.74) is 5.73. The molecule has 1 aliphatic carbocycles. The van der Waals surface area contributed by atoms with E-state index in [1.807, 2.05) is 37.4 Å². The van der Waals surface area contributed by atoms with Gasteiger partial charge in [0.25, 0.3) is 5.91 Å². The van der Waals surface area contributed by atoms with Crippen LogP contribution in [0.2, 0.25) is 0 Å². The second kappa shape index (κ2) is 8.88. The molecular weight excluding hydrogens is 422 g/mol. The van der Waals surface area contributed by atoms with E-state index in [1.165, 1.54) is 5.57 Å². The highest BCUT2D eigenvalue weighted by molar-refractivity contribution is 5.97. The Balaban J connectivity index is 1.42. The van der Waals surface area contributed by atoms with E-state index in [9.17, 15) is 4.79 Å². The first-order valence-corrected chi connectivity index (χ1v) is 12.1. The summed E-state index contributed by atoms with van der Waals surface area (Å²) in [5.74, 6) is 0.701. The number of hydrogen-bond donors (Lipinski definition) is 1.